The number of rotatable bonds is 5. The molecule has 0 bridgehead atoms. The Labute approximate surface area is 149 Å². The predicted molar refractivity (Wildman–Crippen MR) is 98.4 cm³/mol. The molecule has 128 valence electrons. The summed E-state index contributed by atoms with van der Waals surface area (Å²) in [5.74, 6) is -0.917. The van der Waals surface area contributed by atoms with E-state index in [0.29, 0.717) is 0 Å². The number of aromatic nitrogens is 2. The van der Waals surface area contributed by atoms with E-state index >= 15 is 0 Å². The number of aromatic amines is 1. The lowest BCUT2D eigenvalue weighted by Crippen LogP contribution is -1.97. The van der Waals surface area contributed by atoms with Crippen LogP contribution in [0.25, 0.3) is 22.0 Å². The second-order valence-corrected chi connectivity index (χ2v) is 6.67. The third-order valence-electron chi connectivity index (χ3n) is 4.11. The van der Waals surface area contributed by atoms with Crippen LogP contribution >= 0.6 is 11.3 Å². The highest BCUT2D eigenvalue weighted by atomic mass is 32.1. The molecule has 3 rings (SSSR count). The van der Waals surface area contributed by atoms with Crippen LogP contribution in [-0.2, 0) is 6.42 Å². The topological polar surface area (TPSA) is 83.0 Å². The molecule has 1 aromatic carbocycles. The summed E-state index contributed by atoms with van der Waals surface area (Å²) in [6.45, 7) is 5.48. The zero-order valence-electron chi connectivity index (χ0n) is 14.2. The van der Waals surface area contributed by atoms with E-state index in [1.165, 1.54) is 11.3 Å². The average molecular weight is 354 g/mol. The van der Waals surface area contributed by atoms with E-state index in [1.54, 1.807) is 25.1 Å². The molecule has 0 atom stereocenters. The van der Waals surface area contributed by atoms with Gasteiger partial charge in [0.1, 0.15) is 5.01 Å². The van der Waals surface area contributed by atoms with E-state index in [1.807, 2.05) is 25.3 Å². The molecule has 2 aromatic heterocycles. The summed E-state index contributed by atoms with van der Waals surface area (Å²) in [5, 5.41) is 11.8. The molecule has 6 heteroatoms. The van der Waals surface area contributed by atoms with Gasteiger partial charge in [-0.1, -0.05) is 19.1 Å². The van der Waals surface area contributed by atoms with E-state index < -0.39 is 5.97 Å². The Bertz CT molecular complexity index is 969. The molecule has 0 spiro atoms. The third kappa shape index (κ3) is 3.13. The number of carbonyl (C=O) groups is 2. The number of aryl methyl sites for hydroxylation is 1. The molecular weight excluding hydrogens is 336 g/mol. The summed E-state index contributed by atoms with van der Waals surface area (Å²) in [5.41, 5.74) is 5.19. The molecule has 5 nitrogen and oxygen atoms in total. The van der Waals surface area contributed by atoms with E-state index in [9.17, 15) is 9.59 Å². The lowest BCUT2D eigenvalue weighted by Gasteiger charge is -2.01. The number of ketones is 1. The quantitative estimate of drug-likeness (QED) is 0.657. The van der Waals surface area contributed by atoms with Gasteiger partial charge >= 0.3 is 5.97 Å². The molecule has 2 heterocycles. The smallest absolute Gasteiger partial charge is 0.335 e. The number of Topliss-reactive ketones (excluding diaryl/α,β-unsaturated/α-hetero) is 1. The number of nitrogens with zero attached hydrogens (tertiary/aromatic N) is 1. The number of benzene rings is 1. The maximum Gasteiger partial charge on any atom is 0.335 e. The summed E-state index contributed by atoms with van der Waals surface area (Å²) in [4.78, 5) is 31.0. The standard InChI is InChI=1S/C19H18N2O3S/c1-4-14-16(11(3)22)10(2)20-17(14)15-9-25-18(21-15)12-6-5-7-13(8-12)19(23)24/h5-9,20H,4H2,1-3H3,(H,23,24). The minimum Gasteiger partial charge on any atom is -0.478 e. The van der Waals surface area contributed by atoms with Crippen LogP contribution < -0.4 is 0 Å². The van der Waals surface area contributed by atoms with Gasteiger partial charge in [-0.3, -0.25) is 4.79 Å². The molecule has 0 fully saturated rings. The summed E-state index contributed by atoms with van der Waals surface area (Å²) in [6.07, 6.45) is 0.732. The van der Waals surface area contributed by atoms with Gasteiger partial charge in [0, 0.05) is 22.2 Å². The van der Waals surface area contributed by atoms with Crippen molar-refractivity contribution in [1.82, 2.24) is 9.97 Å². The van der Waals surface area contributed by atoms with Crippen molar-refractivity contribution in [3.63, 3.8) is 0 Å². The van der Waals surface area contributed by atoms with Crippen LogP contribution in [0.5, 0.6) is 0 Å². The molecule has 25 heavy (non-hydrogen) atoms. The molecule has 0 aliphatic carbocycles. The molecule has 0 saturated carbocycles. The lowest BCUT2D eigenvalue weighted by atomic mass is 10.0. The first-order valence-corrected chi connectivity index (χ1v) is 8.82. The highest BCUT2D eigenvalue weighted by molar-refractivity contribution is 7.13. The van der Waals surface area contributed by atoms with Crippen molar-refractivity contribution in [2.75, 3.05) is 0 Å². The maximum absolute atomic E-state index is 11.9. The van der Waals surface area contributed by atoms with E-state index in [4.69, 9.17) is 5.11 Å². The molecule has 0 aliphatic rings. The normalized spacial score (nSPS) is 10.8. The molecule has 0 unspecified atom stereocenters. The van der Waals surface area contributed by atoms with Crippen LogP contribution in [0.3, 0.4) is 0 Å². The van der Waals surface area contributed by atoms with Crippen LogP contribution in [0.4, 0.5) is 0 Å². The molecule has 2 N–H and O–H groups in total. The Balaban J connectivity index is 2.06. The summed E-state index contributed by atoms with van der Waals surface area (Å²) >= 11 is 1.45. The minimum absolute atomic E-state index is 0.0430. The van der Waals surface area contributed by atoms with Gasteiger partial charge in [0.2, 0.25) is 0 Å². The number of carboxylic acid groups (broad SMARTS) is 1. The van der Waals surface area contributed by atoms with Crippen LogP contribution in [0.1, 0.15) is 45.8 Å². The SMILES string of the molecule is CCc1c(-c2csc(-c3cccc(C(=O)O)c3)n2)[nH]c(C)c1C(C)=O. The fourth-order valence-corrected chi connectivity index (χ4v) is 3.84. The highest BCUT2D eigenvalue weighted by Crippen LogP contribution is 2.33. The summed E-state index contributed by atoms with van der Waals surface area (Å²) in [7, 11) is 0. The van der Waals surface area contributed by atoms with Gasteiger partial charge in [0.15, 0.2) is 5.78 Å². The number of aromatic carboxylic acids is 1. The molecule has 0 radical (unpaired) electrons. The van der Waals surface area contributed by atoms with Crippen molar-refractivity contribution in [2.24, 2.45) is 0 Å². The van der Waals surface area contributed by atoms with Crippen LogP contribution in [0.15, 0.2) is 29.6 Å². The first-order chi connectivity index (χ1) is 11.9. The van der Waals surface area contributed by atoms with Gasteiger partial charge in [-0.15, -0.1) is 11.3 Å². The lowest BCUT2D eigenvalue weighted by molar-refractivity contribution is 0.0696. The molecular formula is C19H18N2O3S. The Morgan fingerprint density at radius 3 is 2.72 bits per heavy atom. The van der Waals surface area contributed by atoms with Gasteiger partial charge in [-0.2, -0.15) is 0 Å². The van der Waals surface area contributed by atoms with Crippen LogP contribution in [0.2, 0.25) is 0 Å². The van der Waals surface area contributed by atoms with Gasteiger partial charge in [0.25, 0.3) is 0 Å². The molecule has 0 amide bonds. The van der Waals surface area contributed by atoms with Gasteiger partial charge in [0.05, 0.1) is 17.0 Å². The average Bonchev–Trinajstić information content (AvgIpc) is 3.18. The molecule has 0 aliphatic heterocycles. The predicted octanol–water partition coefficient (Wildman–Crippen LogP) is 4.58. The number of carbonyl (C=O) groups excluding carboxylic acids is 1. The molecule has 0 saturated heterocycles. The van der Waals surface area contributed by atoms with E-state index in [2.05, 4.69) is 9.97 Å². The summed E-state index contributed by atoms with van der Waals surface area (Å²) < 4.78 is 0. The molecule has 3 aromatic rings. The fraction of sp³-hybridized carbons (Fsp3) is 0.211. The zero-order chi connectivity index (χ0) is 18.1. The first-order valence-electron chi connectivity index (χ1n) is 7.94. The summed E-state index contributed by atoms with van der Waals surface area (Å²) in [6, 6.07) is 6.73. The van der Waals surface area contributed by atoms with Crippen molar-refractivity contribution in [1.29, 1.82) is 0 Å². The minimum atomic E-state index is -0.960. The van der Waals surface area contributed by atoms with Crippen molar-refractivity contribution >= 4 is 23.1 Å². The Morgan fingerprint density at radius 2 is 2.08 bits per heavy atom. The van der Waals surface area contributed by atoms with Gasteiger partial charge in [-0.05, 0) is 38.0 Å². The highest BCUT2D eigenvalue weighted by Gasteiger charge is 2.20. The van der Waals surface area contributed by atoms with E-state index in [-0.39, 0.29) is 11.3 Å². The monoisotopic (exact) mass is 354 g/mol. The third-order valence-corrected chi connectivity index (χ3v) is 5.00. The van der Waals surface area contributed by atoms with Gasteiger partial charge < -0.3 is 10.1 Å². The second-order valence-electron chi connectivity index (χ2n) is 5.81. The number of hydrogen-bond acceptors (Lipinski definition) is 4. The van der Waals surface area contributed by atoms with Crippen molar-refractivity contribution in [3.8, 4) is 22.0 Å². The number of nitrogens with one attached hydrogen (secondary N) is 1. The van der Waals surface area contributed by atoms with Crippen LogP contribution in [0, 0.1) is 6.92 Å². The zero-order valence-corrected chi connectivity index (χ0v) is 15.0. The largest absolute Gasteiger partial charge is 0.478 e. The first kappa shape index (κ1) is 17.1. The Kier molecular flexibility index (Phi) is 4.55. The van der Waals surface area contributed by atoms with Crippen molar-refractivity contribution < 1.29 is 14.7 Å². The number of thiazole rings is 1. The van der Waals surface area contributed by atoms with Crippen molar-refractivity contribution in [2.45, 2.75) is 27.2 Å². The maximum atomic E-state index is 11.9. The number of hydrogen-bond donors (Lipinski definition) is 2. The van der Waals surface area contributed by atoms with Crippen molar-refractivity contribution in [3.05, 3.63) is 52.0 Å². The second kappa shape index (κ2) is 6.64. The number of carboxylic acids is 1. The fourth-order valence-electron chi connectivity index (χ4n) is 3.03. The Morgan fingerprint density at radius 1 is 1.32 bits per heavy atom. The van der Waals surface area contributed by atoms with Crippen LogP contribution in [-0.4, -0.2) is 26.8 Å². The van der Waals surface area contributed by atoms with Gasteiger partial charge in [-0.25, -0.2) is 9.78 Å². The number of H-pyrrole nitrogens is 1. The van der Waals surface area contributed by atoms with E-state index in [0.717, 1.165) is 45.2 Å². The Hall–Kier alpha value is -2.73.